The van der Waals surface area contributed by atoms with Gasteiger partial charge in [-0.2, -0.15) is 10.1 Å². The first kappa shape index (κ1) is 16.3. The number of ether oxygens (including phenoxy) is 1. The van der Waals surface area contributed by atoms with Gasteiger partial charge in [-0.3, -0.25) is 13.9 Å². The van der Waals surface area contributed by atoms with E-state index in [1.165, 1.54) is 6.08 Å². The number of hydrogen-bond acceptors (Lipinski definition) is 5. The fraction of sp³-hybridized carbons (Fsp3) is 0.333. The van der Waals surface area contributed by atoms with E-state index in [1.54, 1.807) is 22.0 Å². The molecule has 0 N–H and O–H groups in total. The van der Waals surface area contributed by atoms with Crippen molar-refractivity contribution in [2.75, 3.05) is 13.1 Å². The lowest BCUT2D eigenvalue weighted by molar-refractivity contribution is -0.128. The molecular weight excluding hydrogens is 332 g/mol. The summed E-state index contributed by atoms with van der Waals surface area (Å²) in [6.45, 7) is 4.82. The Morgan fingerprint density at radius 3 is 3.12 bits per heavy atom. The number of rotatable bonds is 4. The van der Waals surface area contributed by atoms with Crippen LogP contribution in [0.3, 0.4) is 0 Å². The van der Waals surface area contributed by atoms with E-state index in [1.807, 2.05) is 29.9 Å². The molecule has 1 aliphatic rings. The van der Waals surface area contributed by atoms with E-state index >= 15 is 0 Å². The Morgan fingerprint density at radius 1 is 1.46 bits per heavy atom. The third-order valence-electron chi connectivity index (χ3n) is 4.49. The molecule has 134 valence electrons. The van der Waals surface area contributed by atoms with Gasteiger partial charge in [-0.1, -0.05) is 6.58 Å². The highest BCUT2D eigenvalue weighted by Crippen LogP contribution is 2.24. The van der Waals surface area contributed by atoms with Gasteiger partial charge < -0.3 is 9.64 Å². The van der Waals surface area contributed by atoms with E-state index in [2.05, 4.69) is 21.6 Å². The van der Waals surface area contributed by atoms with Crippen molar-refractivity contribution in [3.63, 3.8) is 0 Å². The predicted molar refractivity (Wildman–Crippen MR) is 95.6 cm³/mol. The number of aromatic nitrogens is 5. The lowest BCUT2D eigenvalue weighted by Gasteiger charge is -2.32. The van der Waals surface area contributed by atoms with Crippen LogP contribution in [0.2, 0.25) is 0 Å². The first-order valence-electron chi connectivity index (χ1n) is 8.55. The van der Waals surface area contributed by atoms with Crippen LogP contribution < -0.4 is 4.74 Å². The number of imidazole rings is 1. The molecule has 1 amide bonds. The minimum atomic E-state index is -0.116. The van der Waals surface area contributed by atoms with Crippen LogP contribution in [0.25, 0.3) is 16.9 Å². The minimum absolute atomic E-state index is 0.0665. The van der Waals surface area contributed by atoms with Gasteiger partial charge in [-0.05, 0) is 18.9 Å². The summed E-state index contributed by atoms with van der Waals surface area (Å²) >= 11 is 0. The summed E-state index contributed by atoms with van der Waals surface area (Å²) in [5.41, 5.74) is 2.40. The van der Waals surface area contributed by atoms with Crippen LogP contribution in [0.15, 0.2) is 43.5 Å². The van der Waals surface area contributed by atoms with Crippen LogP contribution >= 0.6 is 0 Å². The highest BCUT2D eigenvalue weighted by Gasteiger charge is 2.25. The predicted octanol–water partition coefficient (Wildman–Crippen LogP) is 1.69. The van der Waals surface area contributed by atoms with E-state index in [9.17, 15) is 4.79 Å². The van der Waals surface area contributed by atoms with Gasteiger partial charge in [0.1, 0.15) is 11.8 Å². The van der Waals surface area contributed by atoms with Gasteiger partial charge in [0.15, 0.2) is 0 Å². The molecule has 1 aliphatic heterocycles. The number of carbonyl (C=O) groups excluding carboxylic acids is 1. The SMILES string of the molecule is C=CC(=O)N1CCC[C@@H](Oc2nc(-c3cnn(C)c3)cc3nccn23)C1. The standard InChI is InChI=1S/C18H20N6O2/c1-3-17(25)23-7-4-5-14(12-23)26-18-21-15(13-10-20-22(2)11-13)9-16-19-6-8-24(16)18/h3,6,8-11,14H,1,4-5,7,12H2,2H3/t14-/m1/s1. The maximum absolute atomic E-state index is 11.9. The number of hydrogen-bond donors (Lipinski definition) is 0. The molecule has 0 saturated carbocycles. The Morgan fingerprint density at radius 2 is 2.35 bits per heavy atom. The third kappa shape index (κ3) is 3.05. The zero-order valence-corrected chi connectivity index (χ0v) is 14.6. The highest BCUT2D eigenvalue weighted by molar-refractivity contribution is 5.87. The van der Waals surface area contributed by atoms with Gasteiger partial charge in [0.2, 0.25) is 5.91 Å². The second kappa shape index (κ2) is 6.62. The van der Waals surface area contributed by atoms with E-state index in [0.717, 1.165) is 36.3 Å². The molecular formula is C18H20N6O2. The molecule has 8 nitrogen and oxygen atoms in total. The summed E-state index contributed by atoms with van der Waals surface area (Å²) in [6, 6.07) is 2.37. The number of nitrogens with zero attached hydrogens (tertiary/aromatic N) is 6. The zero-order chi connectivity index (χ0) is 18.1. The van der Waals surface area contributed by atoms with E-state index in [0.29, 0.717) is 12.6 Å². The fourth-order valence-electron chi connectivity index (χ4n) is 3.19. The first-order valence-corrected chi connectivity index (χ1v) is 8.55. The quantitative estimate of drug-likeness (QED) is 0.668. The molecule has 0 bridgehead atoms. The molecule has 0 aliphatic carbocycles. The molecule has 0 aromatic carbocycles. The summed E-state index contributed by atoms with van der Waals surface area (Å²) < 4.78 is 9.72. The Bertz CT molecular complexity index is 960. The topological polar surface area (TPSA) is 77.6 Å². The Hall–Kier alpha value is -3.16. The van der Waals surface area contributed by atoms with Crippen molar-refractivity contribution in [2.24, 2.45) is 7.05 Å². The average molecular weight is 352 g/mol. The molecule has 4 heterocycles. The first-order chi connectivity index (χ1) is 12.6. The molecule has 1 saturated heterocycles. The van der Waals surface area contributed by atoms with E-state index in [4.69, 9.17) is 4.74 Å². The van der Waals surface area contributed by atoms with Crippen LogP contribution in [0.5, 0.6) is 6.01 Å². The summed E-state index contributed by atoms with van der Waals surface area (Å²) in [6.07, 6.45) is 10.2. The number of piperidine rings is 1. The van der Waals surface area contributed by atoms with Crippen LogP contribution in [0, 0.1) is 0 Å². The average Bonchev–Trinajstić information content (AvgIpc) is 3.30. The second-order valence-corrected chi connectivity index (χ2v) is 6.35. The summed E-state index contributed by atoms with van der Waals surface area (Å²) in [5.74, 6) is -0.0665. The molecule has 4 rings (SSSR count). The molecule has 0 spiro atoms. The molecule has 0 radical (unpaired) electrons. The fourth-order valence-corrected chi connectivity index (χ4v) is 3.19. The molecule has 0 unspecified atom stereocenters. The smallest absolute Gasteiger partial charge is 0.303 e. The van der Waals surface area contributed by atoms with Crippen molar-refractivity contribution in [1.82, 2.24) is 29.0 Å². The number of carbonyl (C=O) groups is 1. The maximum Gasteiger partial charge on any atom is 0.303 e. The number of fused-ring (bicyclic) bond motifs is 1. The largest absolute Gasteiger partial charge is 0.459 e. The summed E-state index contributed by atoms with van der Waals surface area (Å²) in [7, 11) is 1.86. The molecule has 3 aromatic rings. The van der Waals surface area contributed by atoms with E-state index < -0.39 is 0 Å². The summed E-state index contributed by atoms with van der Waals surface area (Å²) in [4.78, 5) is 22.7. The molecule has 8 heteroatoms. The van der Waals surface area contributed by atoms with Crippen LogP contribution in [-0.4, -0.2) is 54.1 Å². The second-order valence-electron chi connectivity index (χ2n) is 6.35. The Kier molecular flexibility index (Phi) is 4.16. The van der Waals surface area contributed by atoms with Gasteiger partial charge in [0, 0.05) is 43.8 Å². The van der Waals surface area contributed by atoms with Crippen molar-refractivity contribution in [2.45, 2.75) is 18.9 Å². The maximum atomic E-state index is 11.9. The van der Waals surface area contributed by atoms with Gasteiger partial charge >= 0.3 is 6.01 Å². The lowest BCUT2D eigenvalue weighted by atomic mass is 10.1. The van der Waals surface area contributed by atoms with Crippen molar-refractivity contribution in [3.8, 4) is 17.3 Å². The molecule has 26 heavy (non-hydrogen) atoms. The molecule has 1 atom stereocenters. The molecule has 1 fully saturated rings. The van der Waals surface area contributed by atoms with Crippen LogP contribution in [0.1, 0.15) is 12.8 Å². The highest BCUT2D eigenvalue weighted by atomic mass is 16.5. The Balaban J connectivity index is 1.64. The number of likely N-dealkylation sites (tertiary alicyclic amines) is 1. The van der Waals surface area contributed by atoms with Crippen LogP contribution in [0.4, 0.5) is 0 Å². The minimum Gasteiger partial charge on any atom is -0.459 e. The zero-order valence-electron chi connectivity index (χ0n) is 14.6. The third-order valence-corrected chi connectivity index (χ3v) is 4.49. The number of amides is 1. The van der Waals surface area contributed by atoms with Crippen molar-refractivity contribution in [1.29, 1.82) is 0 Å². The normalized spacial score (nSPS) is 17.4. The van der Waals surface area contributed by atoms with Crippen LogP contribution in [-0.2, 0) is 11.8 Å². The Labute approximate surface area is 150 Å². The number of aryl methyl sites for hydroxylation is 1. The monoisotopic (exact) mass is 352 g/mol. The van der Waals surface area contributed by atoms with Gasteiger partial charge in [-0.15, -0.1) is 0 Å². The van der Waals surface area contributed by atoms with Crippen molar-refractivity contribution >= 4 is 11.6 Å². The van der Waals surface area contributed by atoms with E-state index in [-0.39, 0.29) is 12.0 Å². The van der Waals surface area contributed by atoms with Crippen molar-refractivity contribution < 1.29 is 9.53 Å². The summed E-state index contributed by atoms with van der Waals surface area (Å²) in [5, 5.41) is 4.20. The van der Waals surface area contributed by atoms with Crippen molar-refractivity contribution in [3.05, 3.63) is 43.5 Å². The lowest BCUT2D eigenvalue weighted by Crippen LogP contribution is -2.44. The van der Waals surface area contributed by atoms with Gasteiger partial charge in [-0.25, -0.2) is 4.98 Å². The van der Waals surface area contributed by atoms with Gasteiger partial charge in [0.25, 0.3) is 0 Å². The molecule has 3 aromatic heterocycles. The van der Waals surface area contributed by atoms with Gasteiger partial charge in [0.05, 0.1) is 18.4 Å².